The quantitative estimate of drug-likeness (QED) is 0.0376. The van der Waals surface area contributed by atoms with Crippen LogP contribution in [0.4, 0.5) is 0 Å². The lowest BCUT2D eigenvalue weighted by atomic mass is 10.0. The number of amides is 7. The zero-order valence-electron chi connectivity index (χ0n) is 33.9. The molecule has 0 aliphatic heterocycles. The summed E-state index contributed by atoms with van der Waals surface area (Å²) in [6, 6.07) is 1.42. The van der Waals surface area contributed by atoms with Gasteiger partial charge in [-0.1, -0.05) is 44.2 Å². The van der Waals surface area contributed by atoms with Gasteiger partial charge in [0.25, 0.3) is 0 Å². The minimum Gasteiger partial charge on any atom is -0.480 e. The summed E-state index contributed by atoms with van der Waals surface area (Å²) in [5.41, 5.74) is 17.4. The topological polar surface area (TPSA) is 339 Å². The number of carboxylic acid groups (broad SMARTS) is 1. The van der Waals surface area contributed by atoms with Crippen LogP contribution in [-0.4, -0.2) is 126 Å². The maximum atomic E-state index is 13.7. The molecule has 0 aliphatic carbocycles. The molecule has 20 nitrogen and oxygen atoms in total. The van der Waals surface area contributed by atoms with E-state index in [1.54, 1.807) is 30.3 Å². The molecule has 0 heterocycles. The number of aliphatic hydroxyl groups excluding tert-OH is 1. The van der Waals surface area contributed by atoms with Gasteiger partial charge in [-0.15, -0.1) is 0 Å². The maximum Gasteiger partial charge on any atom is 0.322 e. The minimum absolute atomic E-state index is 0.0650. The highest BCUT2D eigenvalue weighted by Crippen LogP contribution is 2.10. The summed E-state index contributed by atoms with van der Waals surface area (Å²) in [6.07, 6.45) is 1.04. The molecular formula is C38H64N10O10. The van der Waals surface area contributed by atoms with Crippen molar-refractivity contribution in [2.24, 2.45) is 23.1 Å². The van der Waals surface area contributed by atoms with Crippen LogP contribution in [-0.2, 0) is 44.8 Å². The van der Waals surface area contributed by atoms with Crippen molar-refractivity contribution in [1.82, 2.24) is 37.2 Å². The molecule has 0 fully saturated rings. The first-order chi connectivity index (χ1) is 27.4. The summed E-state index contributed by atoms with van der Waals surface area (Å²) >= 11 is 0. The summed E-state index contributed by atoms with van der Waals surface area (Å²) in [6.45, 7) is 5.76. The molecule has 0 aromatic heterocycles. The Kier molecular flexibility index (Phi) is 24.1. The van der Waals surface area contributed by atoms with Crippen LogP contribution < -0.4 is 54.4 Å². The zero-order chi connectivity index (χ0) is 43.8. The monoisotopic (exact) mass is 820 g/mol. The SMILES string of the molecule is CC(C)CC(NC(=O)C(CCCCN)NC(=O)C(C)N)C(=O)NC(C(=O)NC(Cc1ccccc1)C(=O)NCC(=O)NC(CCCCN)C(=O)NCC(=O)O)C(C)O. The van der Waals surface area contributed by atoms with E-state index in [0.29, 0.717) is 44.3 Å². The highest BCUT2D eigenvalue weighted by molar-refractivity contribution is 5.97. The normalized spacial score (nSPS) is 14.6. The Labute approximate surface area is 339 Å². The maximum absolute atomic E-state index is 13.7. The molecular weight excluding hydrogens is 756 g/mol. The molecule has 7 unspecified atom stereocenters. The molecule has 1 aromatic carbocycles. The van der Waals surface area contributed by atoms with Gasteiger partial charge in [-0.25, -0.2) is 0 Å². The van der Waals surface area contributed by atoms with Gasteiger partial charge < -0.3 is 64.6 Å². The largest absolute Gasteiger partial charge is 0.480 e. The van der Waals surface area contributed by atoms with Gasteiger partial charge in [-0.2, -0.15) is 0 Å². The fourth-order valence-corrected chi connectivity index (χ4v) is 5.60. The molecule has 0 radical (unpaired) electrons. The minimum atomic E-state index is -1.61. The van der Waals surface area contributed by atoms with Crippen molar-refractivity contribution in [3.05, 3.63) is 35.9 Å². The number of carbonyl (C=O) groups is 8. The lowest BCUT2D eigenvalue weighted by molar-refractivity contribution is -0.138. The Bertz CT molecular complexity index is 1500. The summed E-state index contributed by atoms with van der Waals surface area (Å²) in [4.78, 5) is 103. The number of benzene rings is 1. The number of hydrogen-bond acceptors (Lipinski definition) is 12. The third-order valence-corrected chi connectivity index (χ3v) is 8.75. The van der Waals surface area contributed by atoms with Gasteiger partial charge in [-0.05, 0) is 83.4 Å². The third-order valence-electron chi connectivity index (χ3n) is 8.75. The number of nitrogens with two attached hydrogens (primary N) is 3. The third kappa shape index (κ3) is 20.3. The molecule has 0 aliphatic rings. The van der Waals surface area contributed by atoms with Crippen molar-refractivity contribution in [3.8, 4) is 0 Å². The number of rotatable bonds is 28. The van der Waals surface area contributed by atoms with E-state index in [2.05, 4.69) is 37.2 Å². The van der Waals surface area contributed by atoms with Crippen molar-refractivity contribution in [2.75, 3.05) is 26.2 Å². The van der Waals surface area contributed by atoms with Crippen LogP contribution in [0.2, 0.25) is 0 Å². The molecule has 20 heteroatoms. The number of aliphatic hydroxyl groups is 1. The van der Waals surface area contributed by atoms with E-state index >= 15 is 0 Å². The Hall–Kier alpha value is -5.18. The summed E-state index contributed by atoms with van der Waals surface area (Å²) < 4.78 is 0. The average molecular weight is 821 g/mol. The smallest absolute Gasteiger partial charge is 0.322 e. The molecule has 7 amide bonds. The van der Waals surface area contributed by atoms with Crippen molar-refractivity contribution in [2.45, 2.75) is 121 Å². The Balaban J connectivity index is 3.21. The van der Waals surface area contributed by atoms with Crippen LogP contribution >= 0.6 is 0 Å². The van der Waals surface area contributed by atoms with Crippen LogP contribution in [0.15, 0.2) is 30.3 Å². The van der Waals surface area contributed by atoms with E-state index in [4.69, 9.17) is 22.3 Å². The molecule has 1 rings (SSSR count). The van der Waals surface area contributed by atoms with Gasteiger partial charge >= 0.3 is 5.97 Å². The van der Waals surface area contributed by atoms with Crippen LogP contribution in [0.25, 0.3) is 0 Å². The number of aliphatic carboxylic acids is 1. The molecule has 7 atom stereocenters. The van der Waals surface area contributed by atoms with Gasteiger partial charge in [-0.3, -0.25) is 38.4 Å². The van der Waals surface area contributed by atoms with E-state index in [1.807, 2.05) is 13.8 Å². The predicted octanol–water partition coefficient (Wildman–Crippen LogP) is -3.00. The van der Waals surface area contributed by atoms with Crippen molar-refractivity contribution >= 4 is 47.3 Å². The lowest BCUT2D eigenvalue weighted by Crippen LogP contribution is -2.61. The first-order valence-corrected chi connectivity index (χ1v) is 19.6. The van der Waals surface area contributed by atoms with Crippen LogP contribution in [0, 0.1) is 5.92 Å². The van der Waals surface area contributed by atoms with Crippen LogP contribution in [0.3, 0.4) is 0 Å². The van der Waals surface area contributed by atoms with E-state index < -0.39 is 103 Å². The molecule has 0 spiro atoms. The first-order valence-electron chi connectivity index (χ1n) is 19.6. The van der Waals surface area contributed by atoms with Gasteiger partial charge in [0.15, 0.2) is 0 Å². The van der Waals surface area contributed by atoms with Gasteiger partial charge in [0.2, 0.25) is 41.4 Å². The van der Waals surface area contributed by atoms with Crippen molar-refractivity contribution < 1.29 is 48.6 Å². The second-order valence-electron chi connectivity index (χ2n) is 14.5. The Morgan fingerprint density at radius 1 is 0.603 bits per heavy atom. The second-order valence-corrected chi connectivity index (χ2v) is 14.5. The van der Waals surface area contributed by atoms with Gasteiger partial charge in [0, 0.05) is 6.42 Å². The molecule has 58 heavy (non-hydrogen) atoms. The molecule has 0 saturated carbocycles. The summed E-state index contributed by atoms with van der Waals surface area (Å²) in [7, 11) is 0. The molecule has 0 saturated heterocycles. The lowest BCUT2D eigenvalue weighted by Gasteiger charge is -2.28. The molecule has 326 valence electrons. The van der Waals surface area contributed by atoms with E-state index in [9.17, 15) is 43.5 Å². The molecule has 1 aromatic rings. The first kappa shape index (κ1) is 50.8. The fraction of sp³-hybridized carbons (Fsp3) is 0.632. The van der Waals surface area contributed by atoms with Gasteiger partial charge in [0.1, 0.15) is 36.8 Å². The van der Waals surface area contributed by atoms with Crippen LogP contribution in [0.5, 0.6) is 0 Å². The van der Waals surface area contributed by atoms with Crippen molar-refractivity contribution in [3.63, 3.8) is 0 Å². The molecule has 15 N–H and O–H groups in total. The number of nitrogens with one attached hydrogen (secondary N) is 7. The fourth-order valence-electron chi connectivity index (χ4n) is 5.60. The zero-order valence-corrected chi connectivity index (χ0v) is 33.9. The van der Waals surface area contributed by atoms with E-state index in [0.717, 1.165) is 0 Å². The summed E-state index contributed by atoms with van der Waals surface area (Å²) in [5.74, 6) is -6.69. The number of carboxylic acids is 1. The second kappa shape index (κ2) is 27.5. The Morgan fingerprint density at radius 2 is 1.10 bits per heavy atom. The molecule has 0 bridgehead atoms. The van der Waals surface area contributed by atoms with Crippen LogP contribution in [0.1, 0.15) is 78.2 Å². The number of hydrogen-bond donors (Lipinski definition) is 12. The highest BCUT2D eigenvalue weighted by Gasteiger charge is 2.34. The van der Waals surface area contributed by atoms with E-state index in [1.165, 1.54) is 13.8 Å². The number of unbranched alkanes of at least 4 members (excludes halogenated alkanes) is 2. The van der Waals surface area contributed by atoms with Crippen molar-refractivity contribution in [1.29, 1.82) is 0 Å². The summed E-state index contributed by atoms with van der Waals surface area (Å²) in [5, 5.41) is 37.0. The Morgan fingerprint density at radius 3 is 1.62 bits per heavy atom. The van der Waals surface area contributed by atoms with Gasteiger partial charge in [0.05, 0.1) is 18.7 Å². The average Bonchev–Trinajstić information content (AvgIpc) is 3.16. The standard InChI is InChI=1S/C38H64N10O10/c1-22(2)18-28(46-36(56)27(15-9-11-17-40)45-33(53)23(3)41)37(57)48-32(24(4)49)38(58)47-29(19-25-12-6-5-7-13-25)35(55)42-20-30(50)44-26(14-8-10-16-39)34(54)43-21-31(51)52/h5-7,12-13,22-24,26-29,32,49H,8-11,14-21,39-41H2,1-4H3,(H,42,55)(H,43,54)(H,44,50)(H,45,53)(H,46,56)(H,47,58)(H,48,57)(H,51,52). The van der Waals surface area contributed by atoms with E-state index in [-0.39, 0.29) is 31.6 Å². The highest BCUT2D eigenvalue weighted by atomic mass is 16.4. The number of carbonyl (C=O) groups excluding carboxylic acids is 7. The predicted molar refractivity (Wildman–Crippen MR) is 214 cm³/mol.